The summed E-state index contributed by atoms with van der Waals surface area (Å²) < 4.78 is 10.9. The molecule has 1 atom stereocenters. The van der Waals surface area contributed by atoms with Gasteiger partial charge in [-0.3, -0.25) is 9.59 Å². The van der Waals surface area contributed by atoms with E-state index in [1.165, 1.54) is 0 Å². The van der Waals surface area contributed by atoms with E-state index in [9.17, 15) is 14.7 Å². The molecule has 7 heteroatoms. The smallest absolute Gasteiger partial charge is 0.251 e. The Labute approximate surface area is 213 Å². The number of aliphatic hydroxyl groups excluding tert-OH is 1. The van der Waals surface area contributed by atoms with Gasteiger partial charge in [-0.2, -0.15) is 0 Å². The largest absolute Gasteiger partial charge is 0.454 e. The normalized spacial score (nSPS) is 15.8. The summed E-state index contributed by atoms with van der Waals surface area (Å²) in [6.07, 6.45) is 2.24. The van der Waals surface area contributed by atoms with E-state index in [0.29, 0.717) is 23.5 Å². The number of benzene rings is 3. The van der Waals surface area contributed by atoms with Crippen molar-refractivity contribution in [3.8, 4) is 22.6 Å². The molecule has 1 aliphatic heterocycles. The molecule has 0 spiro atoms. The van der Waals surface area contributed by atoms with Gasteiger partial charge < -0.3 is 25.2 Å². The summed E-state index contributed by atoms with van der Waals surface area (Å²) in [5.41, 5.74) is 4.65. The average molecular weight is 491 g/mol. The fourth-order valence-electron chi connectivity index (χ4n) is 4.57. The Morgan fingerprint density at radius 3 is 2.47 bits per heavy atom. The predicted octanol–water partition coefficient (Wildman–Crippen LogP) is 5.05. The zero-order valence-electron chi connectivity index (χ0n) is 20.5. The third-order valence-electron chi connectivity index (χ3n) is 7.11. The molecule has 3 aromatic carbocycles. The van der Waals surface area contributed by atoms with Crippen molar-refractivity contribution >= 4 is 17.5 Å². The summed E-state index contributed by atoms with van der Waals surface area (Å²) in [6, 6.07) is 18.7. The summed E-state index contributed by atoms with van der Waals surface area (Å²) in [4.78, 5) is 25.8. The molecule has 0 unspecified atom stereocenters. The molecule has 0 saturated heterocycles. The van der Waals surface area contributed by atoms with Crippen LogP contribution in [-0.2, 0) is 10.2 Å². The summed E-state index contributed by atoms with van der Waals surface area (Å²) in [6.45, 7) is 4.05. The number of hydrogen-bond acceptors (Lipinski definition) is 5. The van der Waals surface area contributed by atoms with Crippen LogP contribution in [-0.4, -0.2) is 36.4 Å². The second kappa shape index (κ2) is 9.66. The Balaban J connectivity index is 0.00000200. The van der Waals surface area contributed by atoms with Gasteiger partial charge in [0.1, 0.15) is 0 Å². The number of ether oxygens (including phenoxy) is 2. The fraction of sp³-hybridized carbons (Fsp3) is 0.310. The molecule has 3 N–H and O–H groups in total. The molecule has 0 radical (unpaired) electrons. The Morgan fingerprint density at radius 2 is 1.78 bits per heavy atom. The van der Waals surface area contributed by atoms with E-state index in [0.717, 1.165) is 40.8 Å². The highest BCUT2D eigenvalue weighted by Gasteiger charge is 2.51. The monoisotopic (exact) mass is 490 g/mol. The lowest BCUT2D eigenvalue weighted by Gasteiger charge is -2.17. The molecule has 0 aromatic heterocycles. The van der Waals surface area contributed by atoms with E-state index >= 15 is 0 Å². The lowest BCUT2D eigenvalue weighted by Crippen LogP contribution is -2.36. The maximum atomic E-state index is 13.3. The first kappa shape index (κ1) is 23.9. The van der Waals surface area contributed by atoms with Crippen LogP contribution in [0.2, 0.25) is 0 Å². The van der Waals surface area contributed by atoms with E-state index in [-0.39, 0.29) is 34.1 Å². The molecule has 1 fully saturated rings. The second-order valence-corrected chi connectivity index (χ2v) is 9.47. The van der Waals surface area contributed by atoms with Gasteiger partial charge in [-0.25, -0.2) is 0 Å². The minimum Gasteiger partial charge on any atom is -0.454 e. The first-order chi connectivity index (χ1) is 17.4. The molecule has 1 heterocycles. The van der Waals surface area contributed by atoms with Crippen molar-refractivity contribution < 1.29 is 27.0 Å². The van der Waals surface area contributed by atoms with Gasteiger partial charge in [-0.1, -0.05) is 31.2 Å². The van der Waals surface area contributed by atoms with Crippen molar-refractivity contribution in [3.63, 3.8) is 0 Å². The standard InChI is InChI=1S/C29H30N2O5.2H2/c1-3-22(16-32)30-27(33)20-7-5-19(6-8-20)24-15-23(10-4-18(24)2)31-28(34)29(12-13-29)21-9-11-25-26(14-21)36-17-35-25;;/h4-11,14-15,22,32H,3,12-13,16-17H2,1-2H3,(H,30,33)(H,31,34);2*1H/t22-;;/m1../s1. The van der Waals surface area contributed by atoms with Crippen LogP contribution < -0.4 is 20.1 Å². The van der Waals surface area contributed by atoms with Crippen LogP contribution in [0, 0.1) is 6.92 Å². The van der Waals surface area contributed by atoms with Crippen molar-refractivity contribution in [2.45, 2.75) is 44.6 Å². The number of hydrogen-bond donors (Lipinski definition) is 3. The van der Waals surface area contributed by atoms with E-state index in [4.69, 9.17) is 9.47 Å². The molecule has 190 valence electrons. The van der Waals surface area contributed by atoms with Gasteiger partial charge >= 0.3 is 0 Å². The van der Waals surface area contributed by atoms with Gasteiger partial charge in [-0.15, -0.1) is 0 Å². The van der Waals surface area contributed by atoms with Crippen LogP contribution in [0.3, 0.4) is 0 Å². The highest BCUT2D eigenvalue weighted by Crippen LogP contribution is 2.51. The number of aliphatic hydroxyl groups is 1. The van der Waals surface area contributed by atoms with Crippen molar-refractivity contribution in [3.05, 3.63) is 77.4 Å². The number of carbonyl (C=O) groups is 2. The average Bonchev–Trinajstić information content (AvgIpc) is 3.59. The van der Waals surface area contributed by atoms with Crippen molar-refractivity contribution in [1.29, 1.82) is 0 Å². The zero-order chi connectivity index (χ0) is 25.3. The molecule has 2 amide bonds. The number of rotatable bonds is 8. The quantitative estimate of drug-likeness (QED) is 0.410. The summed E-state index contributed by atoms with van der Waals surface area (Å²) in [7, 11) is 0. The number of fused-ring (bicyclic) bond motifs is 1. The lowest BCUT2D eigenvalue weighted by atomic mass is 9.94. The summed E-state index contributed by atoms with van der Waals surface area (Å²) in [5, 5.41) is 15.3. The molecule has 36 heavy (non-hydrogen) atoms. The summed E-state index contributed by atoms with van der Waals surface area (Å²) >= 11 is 0. The van der Waals surface area contributed by atoms with Crippen LogP contribution >= 0.6 is 0 Å². The molecule has 1 aliphatic carbocycles. The minimum atomic E-state index is -0.550. The topological polar surface area (TPSA) is 96.9 Å². The van der Waals surface area contributed by atoms with Crippen LogP contribution in [0.15, 0.2) is 60.7 Å². The Kier molecular flexibility index (Phi) is 6.41. The highest BCUT2D eigenvalue weighted by atomic mass is 16.7. The Bertz CT molecular complexity index is 1300. The number of anilines is 1. The van der Waals surface area contributed by atoms with E-state index in [1.807, 2.05) is 62.4 Å². The van der Waals surface area contributed by atoms with Gasteiger partial charge in [0.2, 0.25) is 12.7 Å². The summed E-state index contributed by atoms with van der Waals surface area (Å²) in [5.74, 6) is 1.15. The predicted molar refractivity (Wildman–Crippen MR) is 142 cm³/mol. The lowest BCUT2D eigenvalue weighted by molar-refractivity contribution is -0.118. The molecule has 1 saturated carbocycles. The van der Waals surface area contributed by atoms with Crippen LogP contribution in [0.5, 0.6) is 11.5 Å². The molecule has 2 aliphatic rings. The van der Waals surface area contributed by atoms with E-state index < -0.39 is 5.41 Å². The van der Waals surface area contributed by atoms with Gasteiger partial charge in [0.15, 0.2) is 11.5 Å². The maximum absolute atomic E-state index is 13.3. The molecule has 7 nitrogen and oxygen atoms in total. The molecular formula is C29H34N2O5. The Morgan fingerprint density at radius 1 is 1.03 bits per heavy atom. The Hall–Kier alpha value is -3.84. The first-order valence-corrected chi connectivity index (χ1v) is 12.3. The third kappa shape index (κ3) is 4.54. The second-order valence-electron chi connectivity index (χ2n) is 9.47. The third-order valence-corrected chi connectivity index (χ3v) is 7.11. The molecular weight excluding hydrogens is 456 g/mol. The number of nitrogens with one attached hydrogen (secondary N) is 2. The van der Waals surface area contributed by atoms with E-state index in [1.54, 1.807) is 12.1 Å². The van der Waals surface area contributed by atoms with Gasteiger partial charge in [0.05, 0.1) is 18.1 Å². The van der Waals surface area contributed by atoms with Crippen molar-refractivity contribution in [1.82, 2.24) is 5.32 Å². The molecule has 5 rings (SSSR count). The van der Waals surface area contributed by atoms with Gasteiger partial charge in [-0.05, 0) is 84.8 Å². The number of aryl methyl sites for hydroxylation is 1. The van der Waals surface area contributed by atoms with Crippen LogP contribution in [0.4, 0.5) is 5.69 Å². The van der Waals surface area contributed by atoms with Gasteiger partial charge in [0, 0.05) is 14.1 Å². The first-order valence-electron chi connectivity index (χ1n) is 12.3. The highest BCUT2D eigenvalue weighted by molar-refractivity contribution is 6.02. The number of amides is 2. The van der Waals surface area contributed by atoms with Crippen LogP contribution in [0.25, 0.3) is 11.1 Å². The fourth-order valence-corrected chi connectivity index (χ4v) is 4.57. The zero-order valence-corrected chi connectivity index (χ0v) is 20.5. The molecule has 0 bridgehead atoms. The molecule has 3 aromatic rings. The van der Waals surface area contributed by atoms with Crippen molar-refractivity contribution in [2.24, 2.45) is 0 Å². The van der Waals surface area contributed by atoms with E-state index in [2.05, 4.69) is 10.6 Å². The minimum absolute atomic E-state index is 0. The maximum Gasteiger partial charge on any atom is 0.251 e. The van der Waals surface area contributed by atoms with Gasteiger partial charge in [0.25, 0.3) is 5.91 Å². The van der Waals surface area contributed by atoms with Crippen LogP contribution in [0.1, 0.15) is 50.5 Å². The number of carbonyl (C=O) groups excluding carboxylic acids is 2. The SMILES string of the molecule is CC[C@H](CO)NC(=O)c1ccc(-c2cc(NC(=O)C3(c4ccc5c(c4)OCO5)CC3)ccc2C)cc1.[HH].[HH]. The van der Waals surface area contributed by atoms with Crippen molar-refractivity contribution in [2.75, 3.05) is 18.7 Å².